The van der Waals surface area contributed by atoms with E-state index in [-0.39, 0.29) is 22.4 Å². The lowest BCUT2D eigenvalue weighted by Gasteiger charge is -2.50. The van der Waals surface area contributed by atoms with Crippen LogP contribution in [0, 0.1) is 0 Å². The first-order valence-electron chi connectivity index (χ1n) is 8.30. The molecule has 24 heavy (non-hydrogen) atoms. The molecule has 5 heteroatoms. The third-order valence-corrected chi connectivity index (χ3v) is 4.43. The quantitative estimate of drug-likeness (QED) is 0.480. The van der Waals surface area contributed by atoms with Crippen molar-refractivity contribution in [3.05, 3.63) is 35.7 Å². The van der Waals surface area contributed by atoms with E-state index in [9.17, 15) is 9.59 Å². The van der Waals surface area contributed by atoms with Gasteiger partial charge in [-0.2, -0.15) is 0 Å². The summed E-state index contributed by atoms with van der Waals surface area (Å²) in [6.07, 6.45) is 6.05. The fourth-order valence-electron chi connectivity index (χ4n) is 3.27. The molecule has 1 fully saturated rings. The molecule has 2 heterocycles. The summed E-state index contributed by atoms with van der Waals surface area (Å²) in [6, 6.07) is 5.33. The number of piperidine rings is 1. The van der Waals surface area contributed by atoms with E-state index < -0.39 is 5.97 Å². The molecule has 0 bridgehead atoms. The summed E-state index contributed by atoms with van der Waals surface area (Å²) >= 11 is 0. The summed E-state index contributed by atoms with van der Waals surface area (Å²) in [5.41, 5.74) is 0.0110. The number of carbonyl (C=O) groups excluding carboxylic acids is 2. The van der Waals surface area contributed by atoms with Gasteiger partial charge in [0.05, 0.1) is 16.8 Å². The number of aromatic nitrogens is 1. The minimum absolute atomic E-state index is 0.00544. The first-order chi connectivity index (χ1) is 11.1. The van der Waals surface area contributed by atoms with Crippen LogP contribution in [0.25, 0.3) is 6.08 Å². The molecule has 0 N–H and O–H groups in total. The predicted molar refractivity (Wildman–Crippen MR) is 92.8 cm³/mol. The van der Waals surface area contributed by atoms with Crippen LogP contribution < -0.4 is 0 Å². The predicted octanol–water partition coefficient (Wildman–Crippen LogP) is 3.56. The fraction of sp³-hybridized carbons (Fsp3) is 0.526. The molecule has 0 atom stereocenters. The molecule has 1 saturated heterocycles. The lowest BCUT2D eigenvalue weighted by atomic mass is 9.82. The summed E-state index contributed by atoms with van der Waals surface area (Å²) in [6.45, 7) is 9.57. The number of carbonyl (C=O) groups is 2. The van der Waals surface area contributed by atoms with Crippen LogP contribution in [0.2, 0.25) is 0 Å². The van der Waals surface area contributed by atoms with Gasteiger partial charge >= 0.3 is 5.97 Å². The van der Waals surface area contributed by atoms with Gasteiger partial charge in [-0.15, -0.1) is 5.06 Å². The Bertz CT molecular complexity index is 632. The van der Waals surface area contributed by atoms with Gasteiger partial charge in [-0.3, -0.25) is 9.78 Å². The van der Waals surface area contributed by atoms with E-state index in [2.05, 4.69) is 32.7 Å². The average molecular weight is 330 g/mol. The molecule has 0 spiro atoms. The largest absolute Gasteiger partial charge is 0.363 e. The standard InChI is InChI=1S/C19H26N2O3/c1-14(22)16(13-15-9-6-7-12-20-15)17(23)24-21-18(2,3)10-8-11-19(21,4)5/h6-7,9,12-13H,8,10-11H2,1-5H3/b16-13-. The Balaban J connectivity index is 2.28. The van der Waals surface area contributed by atoms with Gasteiger partial charge < -0.3 is 4.84 Å². The van der Waals surface area contributed by atoms with Gasteiger partial charge in [0.25, 0.3) is 0 Å². The normalized spacial score (nSPS) is 20.5. The number of rotatable bonds is 4. The van der Waals surface area contributed by atoms with Crippen molar-refractivity contribution in [1.29, 1.82) is 0 Å². The molecule has 0 saturated carbocycles. The molecular formula is C19H26N2O3. The SMILES string of the molecule is CC(=O)/C(=C/c1ccccn1)C(=O)ON1C(C)(C)CCCC1(C)C. The van der Waals surface area contributed by atoms with E-state index in [4.69, 9.17) is 4.84 Å². The Morgan fingerprint density at radius 2 is 1.79 bits per heavy atom. The Morgan fingerprint density at radius 3 is 2.29 bits per heavy atom. The number of Topliss-reactive ketones (excluding diaryl/α,β-unsaturated/α-hetero) is 1. The summed E-state index contributed by atoms with van der Waals surface area (Å²) in [5, 5.41) is 1.75. The summed E-state index contributed by atoms with van der Waals surface area (Å²) < 4.78 is 0. The monoisotopic (exact) mass is 330 g/mol. The lowest BCUT2D eigenvalue weighted by molar-refractivity contribution is -0.262. The third kappa shape index (κ3) is 4.09. The van der Waals surface area contributed by atoms with Gasteiger partial charge in [-0.05, 0) is 72.1 Å². The van der Waals surface area contributed by atoms with E-state index in [1.807, 2.05) is 0 Å². The molecule has 0 radical (unpaired) electrons. The van der Waals surface area contributed by atoms with Gasteiger partial charge in [0.1, 0.15) is 5.57 Å². The molecule has 0 amide bonds. The van der Waals surface area contributed by atoms with Crippen LogP contribution in [-0.4, -0.2) is 32.9 Å². The van der Waals surface area contributed by atoms with E-state index >= 15 is 0 Å². The zero-order valence-electron chi connectivity index (χ0n) is 15.1. The second kappa shape index (κ2) is 6.85. The van der Waals surface area contributed by atoms with E-state index in [0.717, 1.165) is 19.3 Å². The molecular weight excluding hydrogens is 304 g/mol. The van der Waals surface area contributed by atoms with Crippen LogP contribution in [0.15, 0.2) is 30.0 Å². The summed E-state index contributed by atoms with van der Waals surface area (Å²) in [5.74, 6) is -0.963. The van der Waals surface area contributed by atoms with Crippen molar-refractivity contribution >= 4 is 17.8 Å². The van der Waals surface area contributed by atoms with Crippen LogP contribution in [0.1, 0.15) is 59.6 Å². The minimum atomic E-state index is -0.629. The van der Waals surface area contributed by atoms with Crippen LogP contribution in [0.5, 0.6) is 0 Å². The second-order valence-corrected chi connectivity index (χ2v) is 7.52. The van der Waals surface area contributed by atoms with E-state index in [0.29, 0.717) is 5.69 Å². The first kappa shape index (κ1) is 18.3. The molecule has 1 aromatic rings. The molecule has 0 unspecified atom stereocenters. The highest BCUT2D eigenvalue weighted by molar-refractivity contribution is 6.19. The Hall–Kier alpha value is -2.01. The summed E-state index contributed by atoms with van der Waals surface area (Å²) in [4.78, 5) is 34.4. The molecule has 2 rings (SSSR count). The van der Waals surface area contributed by atoms with Crippen molar-refractivity contribution in [2.75, 3.05) is 0 Å². The second-order valence-electron chi connectivity index (χ2n) is 7.52. The lowest BCUT2D eigenvalue weighted by Crippen LogP contribution is -2.59. The summed E-state index contributed by atoms with van der Waals surface area (Å²) in [7, 11) is 0. The number of hydrogen-bond donors (Lipinski definition) is 0. The van der Waals surface area contributed by atoms with Gasteiger partial charge in [0.15, 0.2) is 5.78 Å². The zero-order chi connectivity index (χ0) is 18.0. The first-order valence-corrected chi connectivity index (χ1v) is 8.30. The third-order valence-electron chi connectivity index (χ3n) is 4.43. The maximum absolute atomic E-state index is 12.7. The molecule has 1 aliphatic heterocycles. The van der Waals surface area contributed by atoms with Crippen LogP contribution in [-0.2, 0) is 14.4 Å². The molecule has 130 valence electrons. The van der Waals surface area contributed by atoms with Crippen molar-refractivity contribution in [3.8, 4) is 0 Å². The van der Waals surface area contributed by atoms with E-state index in [1.165, 1.54) is 13.0 Å². The molecule has 1 aromatic heterocycles. The molecule has 0 aromatic carbocycles. The highest BCUT2D eigenvalue weighted by Crippen LogP contribution is 2.38. The zero-order valence-corrected chi connectivity index (χ0v) is 15.1. The van der Waals surface area contributed by atoms with Crippen molar-refractivity contribution in [2.45, 2.75) is 65.0 Å². The van der Waals surface area contributed by atoms with Crippen LogP contribution >= 0.6 is 0 Å². The van der Waals surface area contributed by atoms with Crippen molar-refractivity contribution < 1.29 is 14.4 Å². The van der Waals surface area contributed by atoms with Crippen molar-refractivity contribution in [1.82, 2.24) is 10.0 Å². The molecule has 1 aliphatic rings. The van der Waals surface area contributed by atoms with Crippen LogP contribution in [0.4, 0.5) is 0 Å². The minimum Gasteiger partial charge on any atom is -0.363 e. The van der Waals surface area contributed by atoms with E-state index in [1.54, 1.807) is 29.5 Å². The Labute approximate surface area is 143 Å². The maximum atomic E-state index is 12.7. The van der Waals surface area contributed by atoms with Crippen molar-refractivity contribution in [3.63, 3.8) is 0 Å². The molecule has 0 aliphatic carbocycles. The average Bonchev–Trinajstić information content (AvgIpc) is 2.49. The Kier molecular flexibility index (Phi) is 5.23. The molecule has 5 nitrogen and oxygen atoms in total. The number of hydroxylamine groups is 2. The van der Waals surface area contributed by atoms with Crippen molar-refractivity contribution in [2.24, 2.45) is 0 Å². The smallest absolute Gasteiger partial charge is 0.360 e. The highest BCUT2D eigenvalue weighted by Gasteiger charge is 2.44. The number of nitrogens with zero attached hydrogens (tertiary/aromatic N) is 2. The Morgan fingerprint density at radius 1 is 1.17 bits per heavy atom. The number of pyridine rings is 1. The van der Waals surface area contributed by atoms with Gasteiger partial charge in [-0.1, -0.05) is 6.07 Å². The van der Waals surface area contributed by atoms with Gasteiger partial charge in [-0.25, -0.2) is 4.79 Å². The van der Waals surface area contributed by atoms with Crippen LogP contribution in [0.3, 0.4) is 0 Å². The maximum Gasteiger partial charge on any atom is 0.360 e. The number of hydrogen-bond acceptors (Lipinski definition) is 5. The van der Waals surface area contributed by atoms with Gasteiger partial charge in [0, 0.05) is 6.20 Å². The number of ketones is 1. The highest BCUT2D eigenvalue weighted by atomic mass is 16.7. The fourth-order valence-corrected chi connectivity index (χ4v) is 3.27. The van der Waals surface area contributed by atoms with Gasteiger partial charge in [0.2, 0.25) is 0 Å². The topological polar surface area (TPSA) is 59.5 Å².